The number of aliphatic carboxylic acids is 1. The highest BCUT2D eigenvalue weighted by molar-refractivity contribution is 6.30. The highest BCUT2D eigenvalue weighted by Gasteiger charge is 2.45. The molecule has 0 radical (unpaired) electrons. The van der Waals surface area contributed by atoms with Gasteiger partial charge in [-0.05, 0) is 60.6 Å². The van der Waals surface area contributed by atoms with Crippen LogP contribution in [-0.4, -0.2) is 28.4 Å². The van der Waals surface area contributed by atoms with E-state index in [2.05, 4.69) is 0 Å². The Bertz CT molecular complexity index is 911. The lowest BCUT2D eigenvalue weighted by atomic mass is 9.75. The zero-order valence-electron chi connectivity index (χ0n) is 15.9. The van der Waals surface area contributed by atoms with Crippen LogP contribution in [0.5, 0.6) is 0 Å². The molecule has 0 bridgehead atoms. The summed E-state index contributed by atoms with van der Waals surface area (Å²) in [6.45, 7) is 0.666. The maximum absolute atomic E-state index is 13.3. The molecule has 2 aromatic rings. The third-order valence-corrected chi connectivity index (χ3v) is 6.44. The van der Waals surface area contributed by atoms with Gasteiger partial charge in [0.25, 0.3) is 0 Å². The highest BCUT2D eigenvalue weighted by Crippen LogP contribution is 2.48. The van der Waals surface area contributed by atoms with Gasteiger partial charge >= 0.3 is 5.97 Å². The molecule has 1 aliphatic heterocycles. The molecular weight excluding hydrogens is 409 g/mol. The number of carboxylic acid groups (broad SMARTS) is 1. The molecule has 4 rings (SSSR count). The van der Waals surface area contributed by atoms with Gasteiger partial charge in [-0.25, -0.2) is 0 Å². The number of nitrogens with zero attached hydrogens (tertiary/aromatic N) is 1. The van der Waals surface area contributed by atoms with Crippen LogP contribution in [-0.2, 0) is 9.59 Å². The molecule has 6 heteroatoms. The molecule has 1 N–H and O–H groups in total. The lowest BCUT2D eigenvalue weighted by Gasteiger charge is -2.45. The average molecular weight is 432 g/mol. The van der Waals surface area contributed by atoms with Crippen LogP contribution in [0.1, 0.15) is 48.8 Å². The topological polar surface area (TPSA) is 57.6 Å². The van der Waals surface area contributed by atoms with Crippen LogP contribution in [0.4, 0.5) is 0 Å². The first kappa shape index (κ1) is 20.2. The molecule has 1 heterocycles. The summed E-state index contributed by atoms with van der Waals surface area (Å²) in [5.74, 6) is -1.06. The Hall–Kier alpha value is -2.04. The molecule has 1 saturated carbocycles. The third kappa shape index (κ3) is 4.59. The van der Waals surface area contributed by atoms with Crippen molar-refractivity contribution in [1.82, 2.24) is 4.90 Å². The van der Waals surface area contributed by atoms with Crippen molar-refractivity contribution < 1.29 is 14.7 Å². The Kier molecular flexibility index (Phi) is 5.84. The number of benzene rings is 2. The summed E-state index contributed by atoms with van der Waals surface area (Å²) in [7, 11) is 0. The lowest BCUT2D eigenvalue weighted by Crippen LogP contribution is -2.48. The summed E-state index contributed by atoms with van der Waals surface area (Å²) in [5.41, 5.74) is 2.04. The average Bonchev–Trinajstić information content (AvgIpc) is 3.49. The molecule has 2 aromatic carbocycles. The minimum atomic E-state index is -0.940. The van der Waals surface area contributed by atoms with Crippen molar-refractivity contribution in [2.75, 3.05) is 6.54 Å². The number of halogens is 2. The molecule has 4 nitrogen and oxygen atoms in total. The van der Waals surface area contributed by atoms with Crippen molar-refractivity contribution in [3.63, 3.8) is 0 Å². The number of carbonyl (C=O) groups is 2. The van der Waals surface area contributed by atoms with Crippen LogP contribution in [0.15, 0.2) is 48.5 Å². The summed E-state index contributed by atoms with van der Waals surface area (Å²) in [6.07, 6.45) is 2.56. The summed E-state index contributed by atoms with van der Waals surface area (Å²) in [5, 5.41) is 10.7. The maximum Gasteiger partial charge on any atom is 0.304 e. The second-order valence-electron chi connectivity index (χ2n) is 8.12. The van der Waals surface area contributed by atoms with Crippen molar-refractivity contribution in [3.05, 3.63) is 69.7 Å². The van der Waals surface area contributed by atoms with E-state index in [4.69, 9.17) is 23.2 Å². The van der Waals surface area contributed by atoms with E-state index in [0.717, 1.165) is 24.0 Å². The normalized spacial score (nSPS) is 24.6. The Labute approximate surface area is 180 Å². The first-order valence-electron chi connectivity index (χ1n) is 9.95. The van der Waals surface area contributed by atoms with Gasteiger partial charge in [0.2, 0.25) is 5.91 Å². The molecule has 1 unspecified atom stereocenters. The SMILES string of the molecule is O=C(O)C[C@@H]1CC(c2cccc(Cl)c2)[C@@H](c2ccc(Cl)cc2)N(CC2CC2)C1=O. The van der Waals surface area contributed by atoms with Gasteiger partial charge in [0, 0.05) is 28.4 Å². The first-order valence-corrected chi connectivity index (χ1v) is 10.7. The van der Waals surface area contributed by atoms with Gasteiger partial charge in [-0.1, -0.05) is 47.5 Å². The van der Waals surface area contributed by atoms with Crippen LogP contribution >= 0.6 is 23.2 Å². The first-order chi connectivity index (χ1) is 13.9. The molecule has 2 fully saturated rings. The van der Waals surface area contributed by atoms with Crippen molar-refractivity contribution in [2.24, 2.45) is 11.8 Å². The van der Waals surface area contributed by atoms with Crippen molar-refractivity contribution >= 4 is 35.1 Å². The Morgan fingerprint density at radius 1 is 1.03 bits per heavy atom. The minimum Gasteiger partial charge on any atom is -0.481 e. The van der Waals surface area contributed by atoms with E-state index in [0.29, 0.717) is 28.9 Å². The highest BCUT2D eigenvalue weighted by atomic mass is 35.5. The number of piperidine rings is 1. The quantitative estimate of drug-likeness (QED) is 0.651. The van der Waals surface area contributed by atoms with Gasteiger partial charge in [0.05, 0.1) is 12.5 Å². The van der Waals surface area contributed by atoms with E-state index < -0.39 is 11.9 Å². The Balaban J connectivity index is 1.78. The number of rotatable bonds is 6. The molecule has 0 spiro atoms. The van der Waals surface area contributed by atoms with Crippen molar-refractivity contribution in [1.29, 1.82) is 0 Å². The predicted molar refractivity (Wildman–Crippen MR) is 113 cm³/mol. The molecule has 3 atom stereocenters. The van der Waals surface area contributed by atoms with Gasteiger partial charge in [-0.15, -0.1) is 0 Å². The molecular formula is C23H23Cl2NO3. The fraction of sp³-hybridized carbons (Fsp3) is 0.391. The summed E-state index contributed by atoms with van der Waals surface area (Å²) < 4.78 is 0. The number of likely N-dealkylation sites (tertiary alicyclic amines) is 1. The second-order valence-corrected chi connectivity index (χ2v) is 9.00. The van der Waals surface area contributed by atoms with Crippen LogP contribution in [0.3, 0.4) is 0 Å². The number of hydrogen-bond donors (Lipinski definition) is 1. The molecule has 1 aliphatic carbocycles. The molecule has 2 aliphatic rings. The molecule has 152 valence electrons. The number of hydrogen-bond acceptors (Lipinski definition) is 2. The van der Waals surface area contributed by atoms with E-state index in [-0.39, 0.29) is 24.3 Å². The second kappa shape index (κ2) is 8.37. The third-order valence-electron chi connectivity index (χ3n) is 5.95. The molecule has 1 saturated heterocycles. The van der Waals surface area contributed by atoms with Gasteiger partial charge in [-0.2, -0.15) is 0 Å². The van der Waals surface area contributed by atoms with Gasteiger partial charge in [-0.3, -0.25) is 9.59 Å². The fourth-order valence-corrected chi connectivity index (χ4v) is 4.74. The fourth-order valence-electron chi connectivity index (χ4n) is 4.42. The molecule has 1 amide bonds. The van der Waals surface area contributed by atoms with Crippen LogP contribution in [0.2, 0.25) is 10.0 Å². The zero-order valence-corrected chi connectivity index (χ0v) is 17.4. The summed E-state index contributed by atoms with van der Waals surface area (Å²) >= 11 is 12.4. The monoisotopic (exact) mass is 431 g/mol. The van der Waals surface area contributed by atoms with E-state index in [1.165, 1.54) is 0 Å². The molecule has 29 heavy (non-hydrogen) atoms. The maximum atomic E-state index is 13.3. The van der Waals surface area contributed by atoms with Crippen LogP contribution < -0.4 is 0 Å². The number of carboxylic acids is 1. The van der Waals surface area contributed by atoms with Gasteiger partial charge in [0.1, 0.15) is 0 Å². The smallest absolute Gasteiger partial charge is 0.304 e. The van der Waals surface area contributed by atoms with E-state index >= 15 is 0 Å². The summed E-state index contributed by atoms with van der Waals surface area (Å²) in [6, 6.07) is 15.1. The van der Waals surface area contributed by atoms with E-state index in [1.807, 2.05) is 53.4 Å². The van der Waals surface area contributed by atoms with Gasteiger partial charge in [0.15, 0.2) is 0 Å². The van der Waals surface area contributed by atoms with Crippen LogP contribution in [0, 0.1) is 11.8 Å². The van der Waals surface area contributed by atoms with Crippen LogP contribution in [0.25, 0.3) is 0 Å². The Morgan fingerprint density at radius 3 is 2.38 bits per heavy atom. The lowest BCUT2D eigenvalue weighted by molar-refractivity contribution is -0.150. The number of amides is 1. The number of carbonyl (C=O) groups excluding carboxylic acids is 1. The van der Waals surface area contributed by atoms with Crippen molar-refractivity contribution in [3.8, 4) is 0 Å². The predicted octanol–water partition coefficient (Wildman–Crippen LogP) is 5.55. The Morgan fingerprint density at radius 2 is 1.76 bits per heavy atom. The van der Waals surface area contributed by atoms with E-state index in [9.17, 15) is 14.7 Å². The van der Waals surface area contributed by atoms with E-state index in [1.54, 1.807) is 0 Å². The standard InChI is InChI=1S/C23H23Cl2NO3/c24-18-8-6-15(7-9-18)22-20(16-2-1-3-19(25)10-16)11-17(12-21(27)28)23(29)26(22)13-14-4-5-14/h1-3,6-10,14,17,20,22H,4-5,11-13H2,(H,27,28)/t17-,20?,22+/m0/s1. The largest absolute Gasteiger partial charge is 0.481 e. The minimum absolute atomic E-state index is 0.0318. The zero-order chi connectivity index (χ0) is 20.5. The van der Waals surface area contributed by atoms with Gasteiger partial charge < -0.3 is 10.0 Å². The molecule has 0 aromatic heterocycles. The van der Waals surface area contributed by atoms with Crippen molar-refractivity contribution in [2.45, 2.75) is 37.6 Å². The summed E-state index contributed by atoms with van der Waals surface area (Å²) in [4.78, 5) is 26.7.